The lowest BCUT2D eigenvalue weighted by atomic mass is 9.91. The minimum absolute atomic E-state index is 0.727. The fourth-order valence-electron chi connectivity index (χ4n) is 1.61. The largest absolute Gasteiger partial charge is 0.370 e. The van der Waals surface area contributed by atoms with Gasteiger partial charge in [0, 0.05) is 0 Å². The van der Waals surface area contributed by atoms with E-state index in [2.05, 4.69) is 0 Å². The predicted molar refractivity (Wildman–Crippen MR) is 63.5 cm³/mol. The van der Waals surface area contributed by atoms with Gasteiger partial charge >= 0.3 is 0 Å². The zero-order chi connectivity index (χ0) is 11.6. The molecule has 0 aromatic heterocycles. The van der Waals surface area contributed by atoms with Gasteiger partial charge in [-0.3, -0.25) is 0 Å². The predicted octanol–water partition coefficient (Wildman–Crippen LogP) is 2.71. The first-order chi connectivity index (χ1) is 7.63. The highest BCUT2D eigenvalue weighted by Crippen LogP contribution is 2.33. The van der Waals surface area contributed by atoms with E-state index in [1.165, 1.54) is 6.08 Å². The zero-order valence-corrected chi connectivity index (χ0v) is 9.22. The van der Waals surface area contributed by atoms with Crippen LogP contribution in [0.1, 0.15) is 5.56 Å². The maximum absolute atomic E-state index is 9.71. The van der Waals surface area contributed by atoms with E-state index in [-0.39, 0.29) is 0 Å². The Balaban J connectivity index is 2.38. The molecular weight excluding hydrogens is 222 g/mol. The van der Waals surface area contributed by atoms with Crippen molar-refractivity contribution in [1.82, 2.24) is 0 Å². The van der Waals surface area contributed by atoms with Crippen LogP contribution in [0.15, 0.2) is 48.6 Å². The maximum atomic E-state index is 9.71. The van der Waals surface area contributed by atoms with Gasteiger partial charge in [0.05, 0.1) is 6.07 Å². The van der Waals surface area contributed by atoms with Crippen molar-refractivity contribution in [2.45, 2.75) is 5.06 Å². The molecule has 3 heteroatoms. The summed E-state index contributed by atoms with van der Waals surface area (Å²) < 4.78 is 0. The minimum Gasteiger partial charge on any atom is -0.370 e. The zero-order valence-electron chi connectivity index (χ0n) is 8.47. The van der Waals surface area contributed by atoms with E-state index < -0.39 is 11.0 Å². The highest BCUT2D eigenvalue weighted by atomic mass is 35.5. The Morgan fingerprint density at radius 1 is 1.31 bits per heavy atom. The molecule has 16 heavy (non-hydrogen) atoms. The van der Waals surface area contributed by atoms with Gasteiger partial charge in [0.15, 0.2) is 5.06 Å². The first kappa shape index (κ1) is 10.9. The highest BCUT2D eigenvalue weighted by Gasteiger charge is 2.33. The number of nitriles is 1. The number of nitrogens with zero attached hydrogens (tertiary/aromatic N) is 1. The number of allylic oxidation sites excluding steroid dienone is 2. The molecule has 0 saturated carbocycles. The molecule has 0 bridgehead atoms. The average Bonchev–Trinajstić information content (AvgIpc) is 2.30. The highest BCUT2D eigenvalue weighted by molar-refractivity contribution is 6.24. The van der Waals surface area contributed by atoms with Gasteiger partial charge in [-0.1, -0.05) is 54.1 Å². The Labute approximate surface area is 99.1 Å². The summed E-state index contributed by atoms with van der Waals surface area (Å²) in [6, 6.07) is 11.7. The van der Waals surface area contributed by atoms with Crippen molar-refractivity contribution < 1.29 is 5.11 Å². The molecule has 80 valence electrons. The molecule has 1 aromatic carbocycles. The third kappa shape index (κ3) is 2.01. The molecule has 0 spiro atoms. The molecule has 0 radical (unpaired) electrons. The molecular formula is C13H10ClNO. The van der Waals surface area contributed by atoms with Crippen LogP contribution in [0, 0.1) is 17.2 Å². The number of hydrogen-bond donors (Lipinski definition) is 1. The van der Waals surface area contributed by atoms with Gasteiger partial charge in [-0.25, -0.2) is 0 Å². The SMILES string of the molecule is N#CC1C=C(c2ccccc2)C=CC1(O)Cl. The maximum Gasteiger partial charge on any atom is 0.177 e. The molecule has 1 N–H and O–H groups in total. The first-order valence-electron chi connectivity index (χ1n) is 4.91. The third-order valence-corrected chi connectivity index (χ3v) is 2.89. The second-order valence-electron chi connectivity index (χ2n) is 3.66. The molecule has 0 aliphatic heterocycles. The van der Waals surface area contributed by atoms with Crippen LogP contribution in [-0.4, -0.2) is 10.2 Å². The lowest BCUT2D eigenvalue weighted by Crippen LogP contribution is -2.28. The van der Waals surface area contributed by atoms with Crippen molar-refractivity contribution in [3.8, 4) is 6.07 Å². The fourth-order valence-corrected chi connectivity index (χ4v) is 1.79. The van der Waals surface area contributed by atoms with Crippen LogP contribution >= 0.6 is 11.6 Å². The van der Waals surface area contributed by atoms with Gasteiger partial charge < -0.3 is 5.11 Å². The Bertz CT molecular complexity index is 482. The molecule has 0 heterocycles. The number of aliphatic hydroxyl groups is 1. The molecule has 0 amide bonds. The number of alkyl halides is 1. The summed E-state index contributed by atoms with van der Waals surface area (Å²) in [5, 5.41) is 17.0. The number of rotatable bonds is 1. The summed E-state index contributed by atoms with van der Waals surface area (Å²) in [7, 11) is 0. The monoisotopic (exact) mass is 231 g/mol. The standard InChI is InChI=1S/C13H10ClNO/c14-13(16)7-6-11(8-12(13)9-15)10-4-2-1-3-5-10/h1-8,12,16H. The van der Waals surface area contributed by atoms with E-state index >= 15 is 0 Å². The molecule has 1 aromatic rings. The average molecular weight is 232 g/mol. The second-order valence-corrected chi connectivity index (χ2v) is 4.26. The van der Waals surface area contributed by atoms with Crippen LogP contribution in [0.3, 0.4) is 0 Å². The van der Waals surface area contributed by atoms with Crippen LogP contribution in [-0.2, 0) is 0 Å². The van der Waals surface area contributed by atoms with Crippen LogP contribution in [0.25, 0.3) is 5.57 Å². The molecule has 2 nitrogen and oxygen atoms in total. The number of hydrogen-bond acceptors (Lipinski definition) is 2. The van der Waals surface area contributed by atoms with Crippen molar-refractivity contribution >= 4 is 17.2 Å². The quantitative estimate of drug-likeness (QED) is 0.756. The van der Waals surface area contributed by atoms with Gasteiger partial charge in [-0.15, -0.1) is 0 Å². The summed E-state index contributed by atoms with van der Waals surface area (Å²) in [6.07, 6.45) is 4.86. The van der Waals surface area contributed by atoms with E-state index in [0.29, 0.717) is 0 Å². The van der Waals surface area contributed by atoms with Crippen molar-refractivity contribution in [1.29, 1.82) is 5.26 Å². The van der Waals surface area contributed by atoms with E-state index in [4.69, 9.17) is 16.9 Å². The van der Waals surface area contributed by atoms with Crippen molar-refractivity contribution in [3.05, 3.63) is 54.1 Å². The smallest absolute Gasteiger partial charge is 0.177 e. The van der Waals surface area contributed by atoms with Crippen LogP contribution in [0.4, 0.5) is 0 Å². The molecule has 2 rings (SSSR count). The molecule has 1 aliphatic carbocycles. The minimum atomic E-state index is -1.59. The molecule has 2 unspecified atom stereocenters. The lowest BCUT2D eigenvalue weighted by molar-refractivity contribution is 0.154. The van der Waals surface area contributed by atoms with E-state index in [0.717, 1.165) is 11.1 Å². The summed E-state index contributed by atoms with van der Waals surface area (Å²) in [6.45, 7) is 0. The van der Waals surface area contributed by atoms with E-state index in [1.807, 2.05) is 36.4 Å². The summed E-state index contributed by atoms with van der Waals surface area (Å²) >= 11 is 5.79. The van der Waals surface area contributed by atoms with Gasteiger partial charge in [0.2, 0.25) is 0 Å². The number of halogens is 1. The molecule has 1 aliphatic rings. The summed E-state index contributed by atoms with van der Waals surface area (Å²) in [5.41, 5.74) is 1.91. The van der Waals surface area contributed by atoms with Crippen molar-refractivity contribution in [2.75, 3.05) is 0 Å². The van der Waals surface area contributed by atoms with Crippen LogP contribution in [0.5, 0.6) is 0 Å². The Morgan fingerprint density at radius 2 is 2.00 bits per heavy atom. The Hall–Kier alpha value is -1.56. The normalized spacial score (nSPS) is 28.3. The fraction of sp³-hybridized carbons (Fsp3) is 0.154. The van der Waals surface area contributed by atoms with Gasteiger partial charge in [-0.2, -0.15) is 5.26 Å². The van der Waals surface area contributed by atoms with E-state index in [9.17, 15) is 5.11 Å². The van der Waals surface area contributed by atoms with Crippen LogP contribution in [0.2, 0.25) is 0 Å². The Morgan fingerprint density at radius 3 is 2.62 bits per heavy atom. The molecule has 2 atom stereocenters. The lowest BCUT2D eigenvalue weighted by Gasteiger charge is -2.24. The topological polar surface area (TPSA) is 44.0 Å². The third-order valence-electron chi connectivity index (χ3n) is 2.53. The molecule has 0 saturated heterocycles. The van der Waals surface area contributed by atoms with E-state index in [1.54, 1.807) is 12.2 Å². The molecule has 0 fully saturated rings. The van der Waals surface area contributed by atoms with Gasteiger partial charge in [-0.05, 0) is 17.2 Å². The van der Waals surface area contributed by atoms with Crippen molar-refractivity contribution in [3.63, 3.8) is 0 Å². The van der Waals surface area contributed by atoms with Crippen LogP contribution < -0.4 is 0 Å². The van der Waals surface area contributed by atoms with Gasteiger partial charge in [0.1, 0.15) is 5.92 Å². The first-order valence-corrected chi connectivity index (χ1v) is 5.28. The second kappa shape index (κ2) is 4.13. The summed E-state index contributed by atoms with van der Waals surface area (Å²) in [5.74, 6) is -0.727. The number of benzene rings is 1. The Kier molecular flexibility index (Phi) is 2.82. The van der Waals surface area contributed by atoms with Crippen molar-refractivity contribution in [2.24, 2.45) is 5.92 Å². The van der Waals surface area contributed by atoms with Gasteiger partial charge in [0.25, 0.3) is 0 Å². The summed E-state index contributed by atoms with van der Waals surface area (Å²) in [4.78, 5) is 0.